The Kier molecular flexibility index (Phi) is 5.94. The quantitative estimate of drug-likeness (QED) is 0.762. The average molecular weight is 383 g/mol. The van der Waals surface area contributed by atoms with Crippen LogP contribution in [0.2, 0.25) is 0 Å². The number of rotatable bonds is 6. The predicted molar refractivity (Wildman–Crippen MR) is 90.6 cm³/mol. The number of Topliss-reactive ketones (excluding diaryl/α,β-unsaturated/α-hetero) is 1. The van der Waals surface area contributed by atoms with Gasteiger partial charge in [0.05, 0.1) is 25.5 Å². The Morgan fingerprint density at radius 3 is 2.26 bits per heavy atom. The summed E-state index contributed by atoms with van der Waals surface area (Å²) in [4.78, 5) is 24.4. The van der Waals surface area contributed by atoms with Crippen molar-refractivity contribution in [1.82, 2.24) is 0 Å². The van der Waals surface area contributed by atoms with Crippen LogP contribution in [0.3, 0.4) is 0 Å². The van der Waals surface area contributed by atoms with Crippen molar-refractivity contribution in [2.75, 3.05) is 19.5 Å². The number of methoxy groups -OCH3 is 2. The number of carbonyl (C=O) groups is 2. The summed E-state index contributed by atoms with van der Waals surface area (Å²) in [5.41, 5.74) is 0.119. The molecule has 0 unspecified atom stereocenters. The summed E-state index contributed by atoms with van der Waals surface area (Å²) < 4.78 is 51.1. The Balaban J connectivity index is 2.38. The highest BCUT2D eigenvalue weighted by Gasteiger charge is 2.31. The van der Waals surface area contributed by atoms with Crippen LogP contribution in [0.1, 0.15) is 27.6 Å². The molecule has 0 atom stereocenters. The fraction of sp³-hybridized carbons (Fsp3) is 0.222. The summed E-state index contributed by atoms with van der Waals surface area (Å²) in [7, 11) is 2.75. The molecule has 1 N–H and O–H groups in total. The normalized spacial score (nSPS) is 10.9. The molecule has 2 aromatic carbocycles. The summed E-state index contributed by atoms with van der Waals surface area (Å²) in [6.45, 7) is 1.29. The number of carbonyl (C=O) groups excluding carboxylic acids is 2. The molecule has 0 bridgehead atoms. The van der Waals surface area contributed by atoms with Crippen molar-refractivity contribution >= 4 is 17.4 Å². The lowest BCUT2D eigenvalue weighted by Gasteiger charge is -2.15. The molecular weight excluding hydrogens is 367 g/mol. The van der Waals surface area contributed by atoms with Gasteiger partial charge in [0, 0.05) is 17.7 Å². The van der Waals surface area contributed by atoms with Gasteiger partial charge in [0.15, 0.2) is 5.78 Å². The van der Waals surface area contributed by atoms with Crippen LogP contribution in [0.15, 0.2) is 36.4 Å². The molecule has 0 aliphatic rings. The maximum atomic E-state index is 12.5. The van der Waals surface area contributed by atoms with Crippen LogP contribution in [0, 0.1) is 0 Å². The van der Waals surface area contributed by atoms with E-state index in [2.05, 4.69) is 10.1 Å². The number of ketones is 1. The van der Waals surface area contributed by atoms with Crippen LogP contribution in [0.4, 0.5) is 18.9 Å². The Morgan fingerprint density at radius 2 is 1.70 bits per heavy atom. The van der Waals surface area contributed by atoms with Gasteiger partial charge in [-0.3, -0.25) is 9.59 Å². The van der Waals surface area contributed by atoms with Crippen LogP contribution >= 0.6 is 0 Å². The van der Waals surface area contributed by atoms with Gasteiger partial charge >= 0.3 is 6.36 Å². The highest BCUT2D eigenvalue weighted by atomic mass is 19.4. The van der Waals surface area contributed by atoms with Crippen LogP contribution < -0.4 is 19.5 Å². The number of amides is 1. The van der Waals surface area contributed by atoms with Gasteiger partial charge in [-0.05, 0) is 25.1 Å². The maximum absolute atomic E-state index is 12.5. The molecule has 0 radical (unpaired) electrons. The summed E-state index contributed by atoms with van der Waals surface area (Å²) in [5.74, 6) is -1.14. The van der Waals surface area contributed by atoms with Gasteiger partial charge in [0.1, 0.15) is 17.2 Å². The van der Waals surface area contributed by atoms with E-state index in [-0.39, 0.29) is 28.3 Å². The zero-order valence-corrected chi connectivity index (χ0v) is 14.6. The van der Waals surface area contributed by atoms with E-state index in [1.165, 1.54) is 45.4 Å². The Hall–Kier alpha value is -3.23. The second kappa shape index (κ2) is 7.98. The second-order valence-corrected chi connectivity index (χ2v) is 5.34. The molecule has 0 aromatic heterocycles. The third-order valence-electron chi connectivity index (χ3n) is 3.46. The Morgan fingerprint density at radius 1 is 1.00 bits per heavy atom. The van der Waals surface area contributed by atoms with Crippen molar-refractivity contribution in [1.29, 1.82) is 0 Å². The highest BCUT2D eigenvalue weighted by Crippen LogP contribution is 2.33. The van der Waals surface area contributed by atoms with Gasteiger partial charge in [0.2, 0.25) is 0 Å². The zero-order valence-electron chi connectivity index (χ0n) is 14.6. The lowest BCUT2D eigenvalue weighted by molar-refractivity contribution is -0.274. The van der Waals surface area contributed by atoms with Crippen molar-refractivity contribution in [3.05, 3.63) is 47.5 Å². The molecule has 144 valence electrons. The number of anilines is 1. The lowest BCUT2D eigenvalue weighted by Crippen LogP contribution is -2.18. The average Bonchev–Trinajstić information content (AvgIpc) is 2.59. The minimum Gasteiger partial charge on any atom is -0.497 e. The third-order valence-corrected chi connectivity index (χ3v) is 3.46. The van der Waals surface area contributed by atoms with Gasteiger partial charge in [-0.2, -0.15) is 0 Å². The van der Waals surface area contributed by atoms with E-state index in [1.54, 1.807) is 0 Å². The van der Waals surface area contributed by atoms with Gasteiger partial charge in [-0.25, -0.2) is 0 Å². The molecule has 0 spiro atoms. The largest absolute Gasteiger partial charge is 0.573 e. The van der Waals surface area contributed by atoms with Gasteiger partial charge in [-0.15, -0.1) is 13.2 Å². The van der Waals surface area contributed by atoms with Crippen molar-refractivity contribution in [3.8, 4) is 17.2 Å². The van der Waals surface area contributed by atoms with Crippen molar-refractivity contribution < 1.29 is 37.0 Å². The van der Waals surface area contributed by atoms with Gasteiger partial charge < -0.3 is 19.5 Å². The minimum absolute atomic E-state index is 0.0898. The second-order valence-electron chi connectivity index (χ2n) is 5.34. The number of halogens is 3. The molecule has 6 nitrogen and oxygen atoms in total. The van der Waals surface area contributed by atoms with Crippen LogP contribution in [0.5, 0.6) is 17.2 Å². The number of ether oxygens (including phenoxy) is 3. The lowest BCUT2D eigenvalue weighted by atomic mass is 10.1. The molecule has 0 fully saturated rings. The third kappa shape index (κ3) is 5.13. The molecule has 27 heavy (non-hydrogen) atoms. The minimum atomic E-state index is -4.88. The number of benzene rings is 2. The van der Waals surface area contributed by atoms with Crippen molar-refractivity contribution in [2.45, 2.75) is 13.3 Å². The number of alkyl halides is 3. The Labute approximate surface area is 152 Å². The van der Waals surface area contributed by atoms with Crippen molar-refractivity contribution in [3.63, 3.8) is 0 Å². The fourth-order valence-corrected chi connectivity index (χ4v) is 2.36. The number of hydrogen-bond donors (Lipinski definition) is 1. The first kappa shape index (κ1) is 20.1. The van der Waals surface area contributed by atoms with E-state index in [0.29, 0.717) is 5.75 Å². The molecule has 9 heteroatoms. The predicted octanol–water partition coefficient (Wildman–Crippen LogP) is 4.06. The standard InChI is InChI=1S/C18H16F3NO5/c1-10(23)16-14(8-13(25-2)9-15(16)26-3)22-17(24)11-5-4-6-12(7-11)27-18(19,20)21/h4-9H,1-3H3,(H,22,24). The van der Waals surface area contributed by atoms with E-state index >= 15 is 0 Å². The molecular formula is C18H16F3NO5. The maximum Gasteiger partial charge on any atom is 0.573 e. The SMILES string of the molecule is COc1cc(NC(=O)c2cccc(OC(F)(F)F)c2)c(C(C)=O)c(OC)c1. The van der Waals surface area contributed by atoms with Crippen LogP contribution in [-0.2, 0) is 0 Å². The van der Waals surface area contributed by atoms with E-state index in [4.69, 9.17) is 9.47 Å². The molecule has 0 aliphatic carbocycles. The molecule has 1 amide bonds. The Bertz CT molecular complexity index is 865. The summed E-state index contributed by atoms with van der Waals surface area (Å²) in [6.07, 6.45) is -4.88. The summed E-state index contributed by atoms with van der Waals surface area (Å²) in [5, 5.41) is 2.49. The van der Waals surface area contributed by atoms with E-state index in [9.17, 15) is 22.8 Å². The molecule has 2 rings (SSSR count). The topological polar surface area (TPSA) is 73.9 Å². The first-order chi connectivity index (χ1) is 12.6. The molecule has 0 saturated heterocycles. The van der Waals surface area contributed by atoms with Crippen LogP contribution in [0.25, 0.3) is 0 Å². The summed E-state index contributed by atoms with van der Waals surface area (Å²) in [6, 6.07) is 7.45. The fourth-order valence-electron chi connectivity index (χ4n) is 2.36. The molecule has 0 saturated carbocycles. The highest BCUT2D eigenvalue weighted by molar-refractivity contribution is 6.10. The first-order valence-electron chi connectivity index (χ1n) is 7.58. The zero-order chi connectivity index (χ0) is 20.2. The summed E-state index contributed by atoms with van der Waals surface area (Å²) >= 11 is 0. The first-order valence-corrected chi connectivity index (χ1v) is 7.58. The van der Waals surface area contributed by atoms with E-state index < -0.39 is 18.0 Å². The molecule has 0 heterocycles. The van der Waals surface area contributed by atoms with E-state index in [0.717, 1.165) is 12.1 Å². The molecule has 0 aliphatic heterocycles. The van der Waals surface area contributed by atoms with Crippen molar-refractivity contribution in [2.24, 2.45) is 0 Å². The monoisotopic (exact) mass is 383 g/mol. The number of nitrogens with one attached hydrogen (secondary N) is 1. The van der Waals surface area contributed by atoms with Gasteiger partial charge in [-0.1, -0.05) is 6.07 Å². The smallest absolute Gasteiger partial charge is 0.497 e. The number of hydrogen-bond acceptors (Lipinski definition) is 5. The van der Waals surface area contributed by atoms with Crippen LogP contribution in [-0.4, -0.2) is 32.3 Å². The molecule has 2 aromatic rings. The van der Waals surface area contributed by atoms with E-state index in [1.807, 2.05) is 0 Å². The van der Waals surface area contributed by atoms with Gasteiger partial charge in [0.25, 0.3) is 5.91 Å².